The van der Waals surface area contributed by atoms with Gasteiger partial charge in [0.25, 0.3) is 0 Å². The van der Waals surface area contributed by atoms with Crippen molar-refractivity contribution >= 4 is 11.9 Å². The molecule has 19 heavy (non-hydrogen) atoms. The molecule has 2 rings (SSSR count). The Labute approximate surface area is 112 Å². The summed E-state index contributed by atoms with van der Waals surface area (Å²) in [5, 5.41) is 12.0. The maximum Gasteiger partial charge on any atom is 0.307 e. The van der Waals surface area contributed by atoms with Crippen LogP contribution in [0.4, 0.5) is 0 Å². The van der Waals surface area contributed by atoms with Crippen LogP contribution >= 0.6 is 0 Å². The number of amides is 1. The fourth-order valence-corrected chi connectivity index (χ4v) is 3.05. The molecule has 2 N–H and O–H groups in total. The minimum absolute atomic E-state index is 0.00951. The molecule has 0 aliphatic heterocycles. The fourth-order valence-electron chi connectivity index (χ4n) is 3.05. The van der Waals surface area contributed by atoms with Crippen molar-refractivity contribution in [1.29, 1.82) is 0 Å². The van der Waals surface area contributed by atoms with Gasteiger partial charge in [-0.05, 0) is 18.3 Å². The molecule has 0 heterocycles. The summed E-state index contributed by atoms with van der Waals surface area (Å²) < 4.78 is 5.17. The second-order valence-corrected chi connectivity index (χ2v) is 4.99. The maximum absolute atomic E-state index is 12.1. The minimum atomic E-state index is -0.875. The van der Waals surface area contributed by atoms with Crippen molar-refractivity contribution in [2.75, 3.05) is 19.8 Å². The zero-order valence-electron chi connectivity index (χ0n) is 10.7. The highest BCUT2D eigenvalue weighted by Crippen LogP contribution is 2.48. The van der Waals surface area contributed by atoms with E-state index in [0.717, 1.165) is 6.42 Å². The van der Waals surface area contributed by atoms with Crippen molar-refractivity contribution in [3.05, 3.63) is 24.8 Å². The largest absolute Gasteiger partial charge is 0.481 e. The van der Waals surface area contributed by atoms with Gasteiger partial charge in [0.1, 0.15) is 0 Å². The molecule has 4 atom stereocenters. The van der Waals surface area contributed by atoms with E-state index in [2.05, 4.69) is 11.9 Å². The summed E-state index contributed by atoms with van der Waals surface area (Å²) in [5.74, 6) is -1.99. The number of hydrogen-bond acceptors (Lipinski definition) is 3. The molecule has 5 heteroatoms. The van der Waals surface area contributed by atoms with Gasteiger partial charge in [-0.15, -0.1) is 6.58 Å². The Balaban J connectivity index is 1.86. The van der Waals surface area contributed by atoms with E-state index in [9.17, 15) is 14.7 Å². The Bertz CT molecular complexity index is 404. The zero-order chi connectivity index (χ0) is 13.8. The molecule has 0 aromatic carbocycles. The highest BCUT2D eigenvalue weighted by molar-refractivity contribution is 5.86. The van der Waals surface area contributed by atoms with Crippen LogP contribution in [0.3, 0.4) is 0 Å². The summed E-state index contributed by atoms with van der Waals surface area (Å²) in [5.41, 5.74) is 0. The van der Waals surface area contributed by atoms with E-state index in [1.807, 2.05) is 12.2 Å². The molecule has 0 aromatic rings. The van der Waals surface area contributed by atoms with E-state index < -0.39 is 17.8 Å². The van der Waals surface area contributed by atoms with E-state index in [4.69, 9.17) is 4.74 Å². The van der Waals surface area contributed by atoms with Crippen LogP contribution in [0.25, 0.3) is 0 Å². The third-order valence-corrected chi connectivity index (χ3v) is 3.83. The van der Waals surface area contributed by atoms with Crippen LogP contribution < -0.4 is 5.32 Å². The van der Waals surface area contributed by atoms with Gasteiger partial charge in [0.2, 0.25) is 5.91 Å². The summed E-state index contributed by atoms with van der Waals surface area (Å²) in [6.07, 6.45) is 6.33. The lowest BCUT2D eigenvalue weighted by molar-refractivity contribution is -0.147. The normalized spacial score (nSPS) is 31.4. The van der Waals surface area contributed by atoms with Crippen LogP contribution in [0, 0.1) is 23.7 Å². The minimum Gasteiger partial charge on any atom is -0.481 e. The van der Waals surface area contributed by atoms with Gasteiger partial charge in [0, 0.05) is 6.54 Å². The predicted molar refractivity (Wildman–Crippen MR) is 69.4 cm³/mol. The van der Waals surface area contributed by atoms with Crippen molar-refractivity contribution in [2.45, 2.75) is 6.42 Å². The monoisotopic (exact) mass is 265 g/mol. The molecule has 1 amide bonds. The SMILES string of the molecule is C=CCOCCNC(=O)[C@@H]1[C@@H](C(=O)O)[C@@H]2C=C[C@@H]1C2. The molecule has 104 valence electrons. The van der Waals surface area contributed by atoms with Gasteiger partial charge in [-0.2, -0.15) is 0 Å². The molecule has 0 radical (unpaired) electrons. The van der Waals surface area contributed by atoms with Crippen molar-refractivity contribution in [3.8, 4) is 0 Å². The van der Waals surface area contributed by atoms with Crippen LogP contribution in [0.2, 0.25) is 0 Å². The Hall–Kier alpha value is -1.62. The average Bonchev–Trinajstić information content (AvgIpc) is 2.98. The lowest BCUT2D eigenvalue weighted by Gasteiger charge is -2.23. The van der Waals surface area contributed by atoms with E-state index in [-0.39, 0.29) is 17.7 Å². The van der Waals surface area contributed by atoms with Crippen molar-refractivity contribution in [2.24, 2.45) is 23.7 Å². The number of fused-ring (bicyclic) bond motifs is 2. The Morgan fingerprint density at radius 1 is 1.37 bits per heavy atom. The van der Waals surface area contributed by atoms with Gasteiger partial charge in [0.15, 0.2) is 0 Å². The van der Waals surface area contributed by atoms with Crippen LogP contribution in [0.1, 0.15) is 6.42 Å². The molecule has 2 aliphatic rings. The first-order chi connectivity index (χ1) is 9.15. The van der Waals surface area contributed by atoms with Gasteiger partial charge >= 0.3 is 5.97 Å². The third kappa shape index (κ3) is 2.87. The summed E-state index contributed by atoms with van der Waals surface area (Å²) in [6.45, 7) is 4.78. The molecule has 1 fully saturated rings. The Morgan fingerprint density at radius 3 is 2.68 bits per heavy atom. The number of carboxylic acids is 1. The van der Waals surface area contributed by atoms with Crippen LogP contribution in [-0.4, -0.2) is 36.7 Å². The lowest BCUT2D eigenvalue weighted by Crippen LogP contribution is -2.41. The number of hydrogen-bond donors (Lipinski definition) is 2. The smallest absolute Gasteiger partial charge is 0.307 e. The van der Waals surface area contributed by atoms with Crippen molar-refractivity contribution in [3.63, 3.8) is 0 Å². The quantitative estimate of drug-likeness (QED) is 0.528. The topological polar surface area (TPSA) is 75.6 Å². The molecule has 1 saturated carbocycles. The lowest BCUT2D eigenvalue weighted by atomic mass is 9.82. The molecule has 2 bridgehead atoms. The van der Waals surface area contributed by atoms with Gasteiger partial charge < -0.3 is 15.2 Å². The summed E-state index contributed by atoms with van der Waals surface area (Å²) in [7, 11) is 0. The summed E-state index contributed by atoms with van der Waals surface area (Å²) in [4.78, 5) is 23.4. The number of ether oxygens (including phenoxy) is 1. The first kappa shape index (κ1) is 13.8. The summed E-state index contributed by atoms with van der Waals surface area (Å²) >= 11 is 0. The second-order valence-electron chi connectivity index (χ2n) is 4.99. The molecule has 0 spiro atoms. The van der Waals surface area contributed by atoms with Crippen LogP contribution in [0.15, 0.2) is 24.8 Å². The van der Waals surface area contributed by atoms with Crippen molar-refractivity contribution < 1.29 is 19.4 Å². The number of carbonyl (C=O) groups is 2. The number of rotatable bonds is 7. The Morgan fingerprint density at radius 2 is 2.05 bits per heavy atom. The molecule has 0 saturated heterocycles. The molecule has 5 nitrogen and oxygen atoms in total. The van der Waals surface area contributed by atoms with Gasteiger partial charge in [-0.3, -0.25) is 9.59 Å². The predicted octanol–water partition coefficient (Wildman–Crippen LogP) is 0.828. The number of aliphatic carboxylic acids is 1. The average molecular weight is 265 g/mol. The molecular weight excluding hydrogens is 246 g/mol. The standard InChI is InChI=1S/C14H19NO4/c1-2-6-19-7-5-15-13(16)11-9-3-4-10(8-9)12(11)14(17)18/h2-4,9-12H,1,5-8H2,(H,15,16)(H,17,18)/t9-,10-,11+,12+/m1/s1. The number of allylic oxidation sites excluding steroid dienone is 2. The highest BCUT2D eigenvalue weighted by atomic mass is 16.5. The van der Waals surface area contributed by atoms with Crippen LogP contribution in [-0.2, 0) is 14.3 Å². The molecule has 2 aliphatic carbocycles. The van der Waals surface area contributed by atoms with Gasteiger partial charge in [-0.25, -0.2) is 0 Å². The first-order valence-corrected chi connectivity index (χ1v) is 6.52. The van der Waals surface area contributed by atoms with Crippen LogP contribution in [0.5, 0.6) is 0 Å². The molecule has 0 aromatic heterocycles. The number of carboxylic acid groups (broad SMARTS) is 1. The zero-order valence-corrected chi connectivity index (χ0v) is 10.7. The third-order valence-electron chi connectivity index (χ3n) is 3.83. The Kier molecular flexibility index (Phi) is 4.37. The van der Waals surface area contributed by atoms with E-state index in [1.165, 1.54) is 0 Å². The van der Waals surface area contributed by atoms with E-state index in [0.29, 0.717) is 19.8 Å². The molecule has 0 unspecified atom stereocenters. The summed E-state index contributed by atoms with van der Waals surface area (Å²) in [6, 6.07) is 0. The van der Waals surface area contributed by atoms with E-state index in [1.54, 1.807) is 6.08 Å². The molecular formula is C14H19NO4. The van der Waals surface area contributed by atoms with Gasteiger partial charge in [0.05, 0.1) is 25.0 Å². The fraction of sp³-hybridized carbons (Fsp3) is 0.571. The first-order valence-electron chi connectivity index (χ1n) is 6.52. The number of carbonyl (C=O) groups excluding carboxylic acids is 1. The van der Waals surface area contributed by atoms with Crippen molar-refractivity contribution in [1.82, 2.24) is 5.32 Å². The maximum atomic E-state index is 12.1. The number of nitrogens with one attached hydrogen (secondary N) is 1. The van der Waals surface area contributed by atoms with Gasteiger partial charge in [-0.1, -0.05) is 18.2 Å². The highest BCUT2D eigenvalue weighted by Gasteiger charge is 2.51. The second kappa shape index (κ2) is 6.02. The van der Waals surface area contributed by atoms with E-state index >= 15 is 0 Å².